The van der Waals surface area contributed by atoms with Gasteiger partial charge in [-0.1, -0.05) is 0 Å². The smallest absolute Gasteiger partial charge is 0.410 e. The van der Waals surface area contributed by atoms with Crippen LogP contribution in [-0.4, -0.2) is 69.5 Å². The first-order chi connectivity index (χ1) is 10.8. The third kappa shape index (κ3) is 4.99. The molecule has 1 aromatic rings. The normalized spacial score (nSPS) is 19.5. The van der Waals surface area contributed by atoms with Crippen molar-refractivity contribution in [2.45, 2.75) is 39.3 Å². The quantitative estimate of drug-likeness (QED) is 0.788. The Hall–Kier alpha value is -2.02. The van der Waals surface area contributed by atoms with E-state index < -0.39 is 5.60 Å². The molecule has 1 amide bonds. The van der Waals surface area contributed by atoms with Crippen molar-refractivity contribution >= 4 is 11.9 Å². The molecule has 7 nitrogen and oxygen atoms in total. The first-order valence-electron chi connectivity index (χ1n) is 7.77. The molecule has 0 aliphatic carbocycles. The Morgan fingerprint density at radius 1 is 1.30 bits per heavy atom. The summed E-state index contributed by atoms with van der Waals surface area (Å²) in [6.07, 6.45) is 4.23. The van der Waals surface area contributed by atoms with E-state index in [-0.39, 0.29) is 24.5 Å². The van der Waals surface area contributed by atoms with Crippen molar-refractivity contribution in [2.75, 3.05) is 26.2 Å². The molecule has 0 bridgehead atoms. The minimum absolute atomic E-state index is 0.0596. The highest BCUT2D eigenvalue weighted by Gasteiger charge is 2.30. The van der Waals surface area contributed by atoms with Crippen LogP contribution in [0, 0.1) is 0 Å². The Balaban J connectivity index is 1.89. The van der Waals surface area contributed by atoms with Gasteiger partial charge in [0.1, 0.15) is 11.3 Å². The second-order valence-electron chi connectivity index (χ2n) is 6.76. The predicted molar refractivity (Wildman–Crippen MR) is 85.2 cm³/mol. The van der Waals surface area contributed by atoms with Crippen molar-refractivity contribution in [1.82, 2.24) is 19.8 Å². The lowest BCUT2D eigenvalue weighted by Gasteiger charge is -2.39. The summed E-state index contributed by atoms with van der Waals surface area (Å²) in [5.74, 6) is -0.0596. The first-order valence-corrected chi connectivity index (χ1v) is 7.77. The van der Waals surface area contributed by atoms with Crippen molar-refractivity contribution in [3.63, 3.8) is 0 Å². The molecule has 1 aliphatic rings. The fraction of sp³-hybridized carbons (Fsp3) is 0.625. The Morgan fingerprint density at radius 2 is 2.04 bits per heavy atom. The van der Waals surface area contributed by atoms with Crippen LogP contribution in [0.15, 0.2) is 18.6 Å². The van der Waals surface area contributed by atoms with Gasteiger partial charge in [-0.25, -0.2) is 9.78 Å². The van der Waals surface area contributed by atoms with E-state index in [1.807, 2.05) is 27.7 Å². The summed E-state index contributed by atoms with van der Waals surface area (Å²) in [5, 5.41) is 0. The first kappa shape index (κ1) is 17.3. The number of carbonyl (C=O) groups excluding carboxylic acids is 2. The van der Waals surface area contributed by atoms with E-state index in [0.29, 0.717) is 25.3 Å². The molecule has 1 aliphatic heterocycles. The number of nitrogens with zero attached hydrogens (tertiary/aromatic N) is 4. The van der Waals surface area contributed by atoms with Crippen molar-refractivity contribution in [3.8, 4) is 0 Å². The number of hydrogen-bond acceptors (Lipinski definition) is 6. The summed E-state index contributed by atoms with van der Waals surface area (Å²) in [6.45, 7) is 9.56. The molecule has 0 N–H and O–H groups in total. The second-order valence-corrected chi connectivity index (χ2v) is 6.76. The lowest BCUT2D eigenvalue weighted by molar-refractivity contribution is 0.00656. The topological polar surface area (TPSA) is 75.6 Å². The van der Waals surface area contributed by atoms with E-state index in [1.54, 1.807) is 11.1 Å². The third-order valence-corrected chi connectivity index (χ3v) is 3.61. The fourth-order valence-corrected chi connectivity index (χ4v) is 2.43. The predicted octanol–water partition coefficient (Wildman–Crippen LogP) is 1.60. The maximum atomic E-state index is 12.2. The Morgan fingerprint density at radius 3 is 2.61 bits per heavy atom. The molecule has 0 spiro atoms. The van der Waals surface area contributed by atoms with Gasteiger partial charge < -0.3 is 9.64 Å². The molecule has 0 aromatic carbocycles. The SMILES string of the molecule is CC1CN(C(=O)OC(C)(C)C)CCN1CC(=O)c1cnccn1. The van der Waals surface area contributed by atoms with E-state index in [9.17, 15) is 9.59 Å². The highest BCUT2D eigenvalue weighted by Crippen LogP contribution is 2.15. The third-order valence-electron chi connectivity index (χ3n) is 3.61. The molecule has 0 saturated carbocycles. The lowest BCUT2D eigenvalue weighted by Crippen LogP contribution is -2.55. The number of hydrogen-bond donors (Lipinski definition) is 0. The maximum absolute atomic E-state index is 12.2. The van der Waals surface area contributed by atoms with Crippen LogP contribution in [0.1, 0.15) is 38.2 Å². The van der Waals surface area contributed by atoms with Crippen LogP contribution in [-0.2, 0) is 4.74 Å². The number of ketones is 1. The minimum Gasteiger partial charge on any atom is -0.444 e. The van der Waals surface area contributed by atoms with Crippen LogP contribution in [0.4, 0.5) is 4.79 Å². The number of ether oxygens (including phenoxy) is 1. The molecule has 0 radical (unpaired) electrons. The number of aromatic nitrogens is 2. The summed E-state index contributed by atoms with van der Waals surface area (Å²) in [7, 11) is 0. The van der Waals surface area contributed by atoms with Crippen LogP contribution >= 0.6 is 0 Å². The van der Waals surface area contributed by atoms with E-state index in [1.165, 1.54) is 12.4 Å². The highest BCUT2D eigenvalue weighted by atomic mass is 16.6. The van der Waals surface area contributed by atoms with Gasteiger partial charge in [-0.3, -0.25) is 14.7 Å². The average molecular weight is 320 g/mol. The lowest BCUT2D eigenvalue weighted by atomic mass is 10.1. The van der Waals surface area contributed by atoms with Crippen LogP contribution in [0.2, 0.25) is 0 Å². The Labute approximate surface area is 136 Å². The van der Waals surface area contributed by atoms with Gasteiger partial charge in [0.25, 0.3) is 0 Å². The molecule has 1 atom stereocenters. The van der Waals surface area contributed by atoms with Gasteiger partial charge in [0.2, 0.25) is 0 Å². The minimum atomic E-state index is -0.501. The summed E-state index contributed by atoms with van der Waals surface area (Å²) in [6, 6.07) is 0.0805. The fourth-order valence-electron chi connectivity index (χ4n) is 2.43. The monoisotopic (exact) mass is 320 g/mol. The van der Waals surface area contributed by atoms with Crippen molar-refractivity contribution < 1.29 is 14.3 Å². The van der Waals surface area contributed by atoms with Crippen LogP contribution in [0.5, 0.6) is 0 Å². The van der Waals surface area contributed by atoms with E-state index >= 15 is 0 Å². The Kier molecular flexibility index (Phi) is 5.30. The van der Waals surface area contributed by atoms with Gasteiger partial charge in [-0.05, 0) is 27.7 Å². The molecule has 2 rings (SSSR count). The van der Waals surface area contributed by atoms with E-state index in [4.69, 9.17) is 4.74 Å². The van der Waals surface area contributed by atoms with Crippen molar-refractivity contribution in [1.29, 1.82) is 0 Å². The molecule has 126 valence electrons. The molecular weight excluding hydrogens is 296 g/mol. The summed E-state index contributed by atoms with van der Waals surface area (Å²) in [5.41, 5.74) is -0.131. The van der Waals surface area contributed by atoms with Gasteiger partial charge in [0.15, 0.2) is 5.78 Å². The van der Waals surface area contributed by atoms with E-state index in [2.05, 4.69) is 14.9 Å². The van der Waals surface area contributed by atoms with Crippen molar-refractivity contribution in [2.24, 2.45) is 0 Å². The summed E-state index contributed by atoms with van der Waals surface area (Å²) in [4.78, 5) is 36.0. The zero-order valence-electron chi connectivity index (χ0n) is 14.2. The molecule has 1 aromatic heterocycles. The second kappa shape index (κ2) is 7.04. The maximum Gasteiger partial charge on any atom is 0.410 e. The van der Waals surface area contributed by atoms with E-state index in [0.717, 1.165) is 0 Å². The number of rotatable bonds is 3. The summed E-state index contributed by atoms with van der Waals surface area (Å²) >= 11 is 0. The average Bonchev–Trinajstić information content (AvgIpc) is 2.48. The van der Waals surface area contributed by atoms with Gasteiger partial charge in [-0.2, -0.15) is 0 Å². The van der Waals surface area contributed by atoms with Crippen molar-refractivity contribution in [3.05, 3.63) is 24.3 Å². The molecular formula is C16H24N4O3. The standard InChI is InChI=1S/C16H24N4O3/c1-12-10-20(15(22)23-16(2,3)4)8-7-19(12)11-14(21)13-9-17-5-6-18-13/h5-6,9,12H,7-8,10-11H2,1-4H3. The van der Waals surface area contributed by atoms with Gasteiger partial charge in [0, 0.05) is 38.1 Å². The highest BCUT2D eigenvalue weighted by molar-refractivity contribution is 5.95. The Bertz CT molecular complexity index is 556. The molecule has 7 heteroatoms. The largest absolute Gasteiger partial charge is 0.444 e. The van der Waals surface area contributed by atoms with Gasteiger partial charge in [0.05, 0.1) is 12.7 Å². The van der Waals surface area contributed by atoms with Crippen LogP contribution < -0.4 is 0 Å². The molecule has 2 heterocycles. The molecule has 1 unspecified atom stereocenters. The zero-order chi connectivity index (χ0) is 17.0. The zero-order valence-corrected chi connectivity index (χ0v) is 14.2. The summed E-state index contributed by atoms with van der Waals surface area (Å²) < 4.78 is 5.39. The van der Waals surface area contributed by atoms with Gasteiger partial charge in [-0.15, -0.1) is 0 Å². The number of carbonyl (C=O) groups is 2. The molecule has 1 fully saturated rings. The van der Waals surface area contributed by atoms with Crippen LogP contribution in [0.3, 0.4) is 0 Å². The van der Waals surface area contributed by atoms with Crippen LogP contribution in [0.25, 0.3) is 0 Å². The molecule has 23 heavy (non-hydrogen) atoms. The number of amides is 1. The van der Waals surface area contributed by atoms with Gasteiger partial charge >= 0.3 is 6.09 Å². The number of piperazine rings is 1. The number of Topliss-reactive ketones (excluding diaryl/α,β-unsaturated/α-hetero) is 1. The molecule has 1 saturated heterocycles.